The molecule has 1 aromatic heterocycles. The van der Waals surface area contributed by atoms with E-state index in [0.29, 0.717) is 6.04 Å². The maximum Gasteiger partial charge on any atom is 0.151 e. The van der Waals surface area contributed by atoms with Crippen molar-refractivity contribution in [1.82, 2.24) is 15.4 Å². The molecule has 4 heteroatoms. The Labute approximate surface area is 103 Å². The molecular weight excluding hydrogens is 214 g/mol. The number of hydrogen-bond acceptors (Lipinski definition) is 4. The van der Waals surface area contributed by atoms with E-state index >= 15 is 0 Å². The van der Waals surface area contributed by atoms with E-state index in [2.05, 4.69) is 35.3 Å². The molecule has 1 aliphatic rings. The molecule has 4 nitrogen and oxygen atoms in total. The predicted octanol–water partition coefficient (Wildman–Crippen LogP) is 2.01. The molecule has 1 aromatic rings. The van der Waals surface area contributed by atoms with Crippen LogP contribution in [0.1, 0.15) is 38.1 Å². The number of hydrogen-bond donors (Lipinski definition) is 1. The van der Waals surface area contributed by atoms with Crippen molar-refractivity contribution in [1.29, 1.82) is 0 Å². The molecule has 1 saturated heterocycles. The quantitative estimate of drug-likeness (QED) is 0.870. The fraction of sp³-hybridized carbons (Fsp3) is 0.769. The molecule has 0 radical (unpaired) electrons. The van der Waals surface area contributed by atoms with Crippen molar-refractivity contribution in [2.24, 2.45) is 5.92 Å². The van der Waals surface area contributed by atoms with Crippen molar-refractivity contribution in [3.8, 4) is 0 Å². The minimum absolute atomic E-state index is 0.657. The molecule has 2 heterocycles. The van der Waals surface area contributed by atoms with Crippen LogP contribution in [0, 0.1) is 5.92 Å². The van der Waals surface area contributed by atoms with Crippen LogP contribution in [0.5, 0.6) is 0 Å². The highest BCUT2D eigenvalue weighted by Gasteiger charge is 2.23. The maximum absolute atomic E-state index is 5.37. The van der Waals surface area contributed by atoms with Crippen LogP contribution in [-0.4, -0.2) is 29.7 Å². The number of piperidine rings is 1. The molecule has 0 amide bonds. The fourth-order valence-electron chi connectivity index (χ4n) is 2.50. The Morgan fingerprint density at radius 1 is 1.47 bits per heavy atom. The summed E-state index contributed by atoms with van der Waals surface area (Å²) >= 11 is 0. The molecule has 0 aliphatic carbocycles. The zero-order chi connectivity index (χ0) is 12.3. The molecule has 1 N–H and O–H groups in total. The molecule has 17 heavy (non-hydrogen) atoms. The third kappa shape index (κ3) is 3.30. The number of aromatic nitrogens is 1. The summed E-state index contributed by atoms with van der Waals surface area (Å²) in [6.45, 7) is 7.46. The summed E-state index contributed by atoms with van der Waals surface area (Å²) in [6.07, 6.45) is 2.64. The summed E-state index contributed by atoms with van der Waals surface area (Å²) in [5.74, 6) is 1.78. The van der Waals surface area contributed by atoms with Crippen molar-refractivity contribution >= 4 is 0 Å². The van der Waals surface area contributed by atoms with Crippen LogP contribution < -0.4 is 5.32 Å². The molecule has 2 unspecified atom stereocenters. The van der Waals surface area contributed by atoms with Crippen LogP contribution in [0.25, 0.3) is 0 Å². The van der Waals surface area contributed by atoms with Crippen molar-refractivity contribution in [2.75, 3.05) is 13.6 Å². The zero-order valence-electron chi connectivity index (χ0n) is 11.1. The summed E-state index contributed by atoms with van der Waals surface area (Å²) in [7, 11) is 1.92. The topological polar surface area (TPSA) is 41.3 Å². The summed E-state index contributed by atoms with van der Waals surface area (Å²) in [4.78, 5) is 2.50. The molecular formula is C13H23N3O. The molecule has 0 aromatic carbocycles. The van der Waals surface area contributed by atoms with E-state index < -0.39 is 0 Å². The van der Waals surface area contributed by atoms with Crippen molar-refractivity contribution in [3.63, 3.8) is 0 Å². The summed E-state index contributed by atoms with van der Waals surface area (Å²) in [5.41, 5.74) is 0.986. The van der Waals surface area contributed by atoms with E-state index in [1.54, 1.807) is 0 Å². The Balaban J connectivity index is 1.94. The van der Waals surface area contributed by atoms with E-state index in [1.165, 1.54) is 19.4 Å². The van der Waals surface area contributed by atoms with Crippen LogP contribution in [0.2, 0.25) is 0 Å². The van der Waals surface area contributed by atoms with E-state index in [0.717, 1.165) is 30.5 Å². The van der Waals surface area contributed by atoms with Gasteiger partial charge in [-0.15, -0.1) is 0 Å². The predicted molar refractivity (Wildman–Crippen MR) is 67.5 cm³/mol. The van der Waals surface area contributed by atoms with Crippen LogP contribution in [0.4, 0.5) is 0 Å². The first-order valence-electron chi connectivity index (χ1n) is 6.52. The lowest BCUT2D eigenvalue weighted by molar-refractivity contribution is 0.106. The molecule has 0 bridgehead atoms. The molecule has 1 fully saturated rings. The van der Waals surface area contributed by atoms with E-state index in [-0.39, 0.29) is 0 Å². The Hall–Kier alpha value is -0.870. The molecule has 2 atom stereocenters. The lowest BCUT2D eigenvalue weighted by Gasteiger charge is -2.35. The lowest BCUT2D eigenvalue weighted by atomic mass is 9.95. The highest BCUT2D eigenvalue weighted by atomic mass is 16.5. The summed E-state index contributed by atoms with van der Waals surface area (Å²) in [5, 5.41) is 7.13. The van der Waals surface area contributed by atoms with Crippen LogP contribution in [-0.2, 0) is 13.1 Å². The van der Waals surface area contributed by atoms with Gasteiger partial charge in [-0.25, -0.2) is 0 Å². The first kappa shape index (κ1) is 12.6. The maximum atomic E-state index is 5.37. The molecule has 2 rings (SSSR count). The van der Waals surface area contributed by atoms with Gasteiger partial charge in [-0.1, -0.05) is 12.1 Å². The SMILES string of the molecule is CNCc1cc(CN2CC(C)CCC2C)on1. The monoisotopic (exact) mass is 237 g/mol. The fourth-order valence-corrected chi connectivity index (χ4v) is 2.50. The average Bonchev–Trinajstić information content (AvgIpc) is 2.72. The van der Waals surface area contributed by atoms with Gasteiger partial charge in [0.05, 0.1) is 12.2 Å². The van der Waals surface area contributed by atoms with Gasteiger partial charge in [0.1, 0.15) is 0 Å². The van der Waals surface area contributed by atoms with Gasteiger partial charge in [0.2, 0.25) is 0 Å². The van der Waals surface area contributed by atoms with Crippen LogP contribution in [0.15, 0.2) is 10.6 Å². The zero-order valence-corrected chi connectivity index (χ0v) is 11.1. The van der Waals surface area contributed by atoms with Crippen LogP contribution >= 0.6 is 0 Å². The second-order valence-corrected chi connectivity index (χ2v) is 5.28. The van der Waals surface area contributed by atoms with Crippen molar-refractivity contribution < 1.29 is 4.52 Å². The molecule has 0 saturated carbocycles. The van der Waals surface area contributed by atoms with Crippen LogP contribution in [0.3, 0.4) is 0 Å². The minimum atomic E-state index is 0.657. The van der Waals surface area contributed by atoms with Crippen molar-refractivity contribution in [2.45, 2.75) is 45.8 Å². The minimum Gasteiger partial charge on any atom is -0.360 e. The van der Waals surface area contributed by atoms with Gasteiger partial charge < -0.3 is 9.84 Å². The Bertz CT molecular complexity index is 350. The van der Waals surface area contributed by atoms with E-state index in [1.807, 2.05) is 7.05 Å². The van der Waals surface area contributed by atoms with Gasteiger partial charge in [0.15, 0.2) is 5.76 Å². The smallest absolute Gasteiger partial charge is 0.151 e. The highest BCUT2D eigenvalue weighted by molar-refractivity contribution is 5.05. The first-order valence-corrected chi connectivity index (χ1v) is 6.52. The highest BCUT2D eigenvalue weighted by Crippen LogP contribution is 2.23. The average molecular weight is 237 g/mol. The van der Waals surface area contributed by atoms with Gasteiger partial charge in [-0.3, -0.25) is 4.90 Å². The molecule has 1 aliphatic heterocycles. The second-order valence-electron chi connectivity index (χ2n) is 5.28. The summed E-state index contributed by atoms with van der Waals surface area (Å²) < 4.78 is 5.37. The van der Waals surface area contributed by atoms with Gasteiger partial charge >= 0.3 is 0 Å². The molecule has 96 valence electrons. The number of nitrogens with one attached hydrogen (secondary N) is 1. The molecule has 0 spiro atoms. The lowest BCUT2D eigenvalue weighted by Crippen LogP contribution is -2.40. The normalized spacial score (nSPS) is 26.3. The standard InChI is InChI=1S/C13H23N3O/c1-10-4-5-11(2)16(8-10)9-13-6-12(7-14-3)15-17-13/h6,10-11,14H,4-5,7-9H2,1-3H3. The number of likely N-dealkylation sites (tertiary alicyclic amines) is 1. The Morgan fingerprint density at radius 3 is 3.06 bits per heavy atom. The van der Waals surface area contributed by atoms with Crippen molar-refractivity contribution in [3.05, 3.63) is 17.5 Å². The largest absolute Gasteiger partial charge is 0.360 e. The Morgan fingerprint density at radius 2 is 2.29 bits per heavy atom. The summed E-state index contributed by atoms with van der Waals surface area (Å²) in [6, 6.07) is 2.71. The second kappa shape index (κ2) is 5.65. The third-order valence-electron chi connectivity index (χ3n) is 3.57. The Kier molecular flexibility index (Phi) is 4.18. The number of rotatable bonds is 4. The van der Waals surface area contributed by atoms with E-state index in [9.17, 15) is 0 Å². The van der Waals surface area contributed by atoms with Gasteiger partial charge in [-0.05, 0) is 32.7 Å². The number of nitrogens with zero attached hydrogens (tertiary/aromatic N) is 2. The van der Waals surface area contributed by atoms with E-state index in [4.69, 9.17) is 4.52 Å². The van der Waals surface area contributed by atoms with Gasteiger partial charge in [-0.2, -0.15) is 0 Å². The van der Waals surface area contributed by atoms with Gasteiger partial charge in [0.25, 0.3) is 0 Å². The van der Waals surface area contributed by atoms with Gasteiger partial charge in [0, 0.05) is 25.2 Å². The third-order valence-corrected chi connectivity index (χ3v) is 3.57. The first-order chi connectivity index (χ1) is 8.19.